The van der Waals surface area contributed by atoms with Gasteiger partial charge in [0.25, 0.3) is 0 Å². The van der Waals surface area contributed by atoms with Gasteiger partial charge in [0.2, 0.25) is 5.91 Å². The van der Waals surface area contributed by atoms with Crippen LogP contribution in [0, 0.1) is 5.92 Å². The summed E-state index contributed by atoms with van der Waals surface area (Å²) in [7, 11) is 0. The van der Waals surface area contributed by atoms with Gasteiger partial charge in [-0.05, 0) is 44.2 Å². The molecule has 2 aliphatic heterocycles. The van der Waals surface area contributed by atoms with Gasteiger partial charge in [0.15, 0.2) is 0 Å². The Kier molecular flexibility index (Phi) is 4.69. The number of piperidine rings is 1. The van der Waals surface area contributed by atoms with Crippen LogP contribution in [0.25, 0.3) is 0 Å². The second-order valence-electron chi connectivity index (χ2n) is 7.24. The molecular weight excluding hydrogens is 302 g/mol. The molecule has 1 saturated carbocycles. The van der Waals surface area contributed by atoms with Gasteiger partial charge in [0.05, 0.1) is 0 Å². The van der Waals surface area contributed by atoms with E-state index in [0.29, 0.717) is 18.1 Å². The summed E-state index contributed by atoms with van der Waals surface area (Å²) in [6.07, 6.45) is 5.00. The summed E-state index contributed by atoms with van der Waals surface area (Å²) >= 11 is 0. The van der Waals surface area contributed by atoms with Crippen molar-refractivity contribution in [3.05, 3.63) is 30.3 Å². The lowest BCUT2D eigenvalue weighted by Gasteiger charge is -2.35. The first-order chi connectivity index (χ1) is 11.8. The van der Waals surface area contributed by atoms with Crippen molar-refractivity contribution >= 4 is 11.6 Å². The van der Waals surface area contributed by atoms with E-state index in [9.17, 15) is 4.79 Å². The van der Waals surface area contributed by atoms with Crippen LogP contribution in [0.1, 0.15) is 32.1 Å². The summed E-state index contributed by atoms with van der Waals surface area (Å²) in [6, 6.07) is 11.7. The molecule has 1 amide bonds. The lowest BCUT2D eigenvalue weighted by atomic mass is 9.82. The first-order valence-electron chi connectivity index (χ1n) is 9.16. The molecule has 0 radical (unpaired) electrons. The molecule has 1 aromatic rings. The van der Waals surface area contributed by atoms with E-state index in [1.54, 1.807) is 0 Å². The molecule has 3 unspecified atom stereocenters. The minimum Gasteiger partial charge on any atom is -0.371 e. The largest absolute Gasteiger partial charge is 0.371 e. The van der Waals surface area contributed by atoms with Gasteiger partial charge in [-0.3, -0.25) is 4.79 Å². The Balaban J connectivity index is 1.25. The summed E-state index contributed by atoms with van der Waals surface area (Å²) in [5.74, 6) is 0.396. The highest BCUT2D eigenvalue weighted by molar-refractivity contribution is 5.79. The van der Waals surface area contributed by atoms with E-state index in [-0.39, 0.29) is 11.8 Å². The zero-order valence-electron chi connectivity index (χ0n) is 14.0. The molecule has 0 aromatic heterocycles. The van der Waals surface area contributed by atoms with Gasteiger partial charge in [-0.2, -0.15) is 5.53 Å². The molecule has 0 bridgehead atoms. The van der Waals surface area contributed by atoms with Crippen molar-refractivity contribution in [3.63, 3.8) is 0 Å². The Morgan fingerprint density at radius 3 is 2.54 bits per heavy atom. The third kappa shape index (κ3) is 3.41. The SMILES string of the molecule is O=C(NC1CCN(c2ccccc2)CC1)C1CCC2NNNC2C1. The molecule has 3 atom stereocenters. The Bertz CT molecular complexity index is 558. The number of anilines is 1. The van der Waals surface area contributed by atoms with Gasteiger partial charge in [0, 0.05) is 42.8 Å². The first-order valence-corrected chi connectivity index (χ1v) is 9.16. The summed E-state index contributed by atoms with van der Waals surface area (Å²) in [5.41, 5.74) is 10.7. The van der Waals surface area contributed by atoms with Gasteiger partial charge in [0.1, 0.15) is 0 Å². The molecule has 4 rings (SSSR count). The van der Waals surface area contributed by atoms with Crippen LogP contribution in [0.15, 0.2) is 30.3 Å². The number of para-hydroxylation sites is 1. The van der Waals surface area contributed by atoms with Crippen molar-refractivity contribution in [2.24, 2.45) is 5.92 Å². The molecule has 0 spiro atoms. The standard InChI is InChI=1S/C18H27N5O/c24-18(13-6-7-16-17(12-13)21-22-20-16)19-14-8-10-23(11-9-14)15-4-2-1-3-5-15/h1-5,13-14,16-17,20-22H,6-12H2,(H,19,24). The highest BCUT2D eigenvalue weighted by atomic mass is 16.2. The summed E-state index contributed by atoms with van der Waals surface area (Å²) < 4.78 is 0. The number of hydrazine groups is 2. The Hall–Kier alpha value is -1.63. The van der Waals surface area contributed by atoms with Crippen LogP contribution in [-0.4, -0.2) is 37.1 Å². The zero-order chi connectivity index (χ0) is 16.4. The van der Waals surface area contributed by atoms with Gasteiger partial charge in [-0.15, -0.1) is 0 Å². The minimum absolute atomic E-state index is 0.146. The maximum atomic E-state index is 12.6. The van der Waals surface area contributed by atoms with Crippen LogP contribution in [-0.2, 0) is 4.79 Å². The third-order valence-corrected chi connectivity index (χ3v) is 5.70. The number of hydrogen-bond acceptors (Lipinski definition) is 5. The average molecular weight is 329 g/mol. The number of rotatable bonds is 3. The van der Waals surface area contributed by atoms with E-state index < -0.39 is 0 Å². The van der Waals surface area contributed by atoms with Crippen molar-refractivity contribution in [1.29, 1.82) is 0 Å². The molecule has 3 aliphatic rings. The van der Waals surface area contributed by atoms with E-state index >= 15 is 0 Å². The number of carbonyl (C=O) groups is 1. The zero-order valence-corrected chi connectivity index (χ0v) is 14.0. The van der Waals surface area contributed by atoms with Crippen molar-refractivity contribution in [3.8, 4) is 0 Å². The van der Waals surface area contributed by atoms with Crippen molar-refractivity contribution < 1.29 is 4.79 Å². The predicted octanol–water partition coefficient (Wildman–Crippen LogP) is 0.921. The molecule has 1 aromatic carbocycles. The van der Waals surface area contributed by atoms with Gasteiger partial charge in [-0.25, -0.2) is 10.9 Å². The number of benzene rings is 1. The van der Waals surface area contributed by atoms with Crippen LogP contribution in [0.3, 0.4) is 0 Å². The lowest BCUT2D eigenvalue weighted by Crippen LogP contribution is -2.49. The Morgan fingerprint density at radius 1 is 1.00 bits per heavy atom. The van der Waals surface area contributed by atoms with Gasteiger partial charge < -0.3 is 10.2 Å². The molecule has 130 valence electrons. The molecule has 1 aliphatic carbocycles. The smallest absolute Gasteiger partial charge is 0.223 e. The molecule has 4 N–H and O–H groups in total. The van der Waals surface area contributed by atoms with Crippen LogP contribution in [0.2, 0.25) is 0 Å². The molecule has 6 heteroatoms. The minimum atomic E-state index is 0.146. The van der Waals surface area contributed by atoms with Crippen LogP contribution in [0.5, 0.6) is 0 Å². The van der Waals surface area contributed by atoms with Crippen LogP contribution in [0.4, 0.5) is 5.69 Å². The van der Waals surface area contributed by atoms with Crippen LogP contribution >= 0.6 is 0 Å². The molecule has 3 fully saturated rings. The van der Waals surface area contributed by atoms with E-state index in [0.717, 1.165) is 45.2 Å². The summed E-state index contributed by atoms with van der Waals surface area (Å²) in [4.78, 5) is 15.0. The monoisotopic (exact) mass is 329 g/mol. The lowest BCUT2D eigenvalue weighted by molar-refractivity contribution is -0.127. The molecular formula is C18H27N5O. The van der Waals surface area contributed by atoms with Gasteiger partial charge in [-0.1, -0.05) is 18.2 Å². The topological polar surface area (TPSA) is 68.4 Å². The fraction of sp³-hybridized carbons (Fsp3) is 0.611. The number of amides is 1. The fourth-order valence-electron chi connectivity index (χ4n) is 4.21. The second-order valence-corrected chi connectivity index (χ2v) is 7.24. The van der Waals surface area contributed by atoms with E-state index in [2.05, 4.69) is 56.9 Å². The number of carbonyl (C=O) groups excluding carboxylic acids is 1. The third-order valence-electron chi connectivity index (χ3n) is 5.70. The van der Waals surface area contributed by atoms with Crippen molar-refractivity contribution in [1.82, 2.24) is 21.7 Å². The summed E-state index contributed by atoms with van der Waals surface area (Å²) in [5, 5.41) is 3.31. The van der Waals surface area contributed by atoms with Crippen molar-refractivity contribution in [2.75, 3.05) is 18.0 Å². The number of hydrogen-bond donors (Lipinski definition) is 4. The second kappa shape index (κ2) is 7.09. The Morgan fingerprint density at radius 2 is 1.75 bits per heavy atom. The molecule has 2 heterocycles. The highest BCUT2D eigenvalue weighted by Gasteiger charge is 2.37. The number of fused-ring (bicyclic) bond motifs is 1. The first kappa shape index (κ1) is 15.9. The number of nitrogens with zero attached hydrogens (tertiary/aromatic N) is 1. The maximum absolute atomic E-state index is 12.6. The maximum Gasteiger partial charge on any atom is 0.223 e. The predicted molar refractivity (Wildman–Crippen MR) is 94.1 cm³/mol. The van der Waals surface area contributed by atoms with Gasteiger partial charge >= 0.3 is 0 Å². The average Bonchev–Trinajstić information content (AvgIpc) is 3.11. The highest BCUT2D eigenvalue weighted by Crippen LogP contribution is 2.27. The van der Waals surface area contributed by atoms with E-state index in [1.165, 1.54) is 5.69 Å². The Labute approximate surface area is 143 Å². The molecule has 24 heavy (non-hydrogen) atoms. The molecule has 6 nitrogen and oxygen atoms in total. The summed E-state index contributed by atoms with van der Waals surface area (Å²) in [6.45, 7) is 2.03. The quantitative estimate of drug-likeness (QED) is 0.664. The normalized spacial score (nSPS) is 30.8. The van der Waals surface area contributed by atoms with Crippen molar-refractivity contribution in [2.45, 2.75) is 50.2 Å². The fourth-order valence-corrected chi connectivity index (χ4v) is 4.21. The number of nitrogens with one attached hydrogen (secondary N) is 4. The van der Waals surface area contributed by atoms with E-state index in [1.807, 2.05) is 0 Å². The van der Waals surface area contributed by atoms with E-state index in [4.69, 9.17) is 0 Å². The van der Waals surface area contributed by atoms with Crippen LogP contribution < -0.4 is 26.6 Å². The molecule has 2 saturated heterocycles.